The van der Waals surface area contributed by atoms with Crippen LogP contribution < -0.4 is 5.73 Å². The van der Waals surface area contributed by atoms with E-state index in [0.717, 1.165) is 17.7 Å². The van der Waals surface area contributed by atoms with Gasteiger partial charge in [0.25, 0.3) is 0 Å². The topological polar surface area (TPSA) is 70.1 Å². The lowest BCUT2D eigenvalue weighted by Crippen LogP contribution is -2.15. The largest absolute Gasteiger partial charge is 0.465 e. The van der Waals surface area contributed by atoms with Gasteiger partial charge in [-0.1, -0.05) is 26.8 Å². The van der Waals surface area contributed by atoms with Crippen molar-refractivity contribution in [2.45, 2.75) is 27.3 Å². The number of aromatic nitrogens is 2. The molecule has 0 unspecified atom stereocenters. The zero-order valence-electron chi connectivity index (χ0n) is 12.9. The van der Waals surface area contributed by atoms with E-state index in [1.807, 2.05) is 16.9 Å². The number of hydrogen-bond donors (Lipinski definition) is 1. The van der Waals surface area contributed by atoms with Crippen molar-refractivity contribution in [2.75, 3.05) is 12.8 Å². The number of anilines is 1. The van der Waals surface area contributed by atoms with E-state index in [1.165, 1.54) is 7.11 Å². The average molecular weight is 287 g/mol. The minimum Gasteiger partial charge on any atom is -0.465 e. The van der Waals surface area contributed by atoms with Crippen molar-refractivity contribution in [3.63, 3.8) is 0 Å². The first-order valence-corrected chi connectivity index (χ1v) is 6.81. The van der Waals surface area contributed by atoms with Crippen molar-refractivity contribution in [1.29, 1.82) is 0 Å². The second kappa shape index (κ2) is 5.60. The van der Waals surface area contributed by atoms with Crippen LogP contribution in [-0.4, -0.2) is 22.9 Å². The summed E-state index contributed by atoms with van der Waals surface area (Å²) in [7, 11) is 1.36. The summed E-state index contributed by atoms with van der Waals surface area (Å²) >= 11 is 0. The maximum Gasteiger partial charge on any atom is 0.338 e. The van der Waals surface area contributed by atoms with Gasteiger partial charge < -0.3 is 10.5 Å². The summed E-state index contributed by atoms with van der Waals surface area (Å²) in [6.45, 7) is 7.25. The lowest BCUT2D eigenvalue weighted by molar-refractivity contribution is 0.0601. The van der Waals surface area contributed by atoms with E-state index in [1.54, 1.807) is 18.3 Å². The van der Waals surface area contributed by atoms with Crippen molar-refractivity contribution in [2.24, 2.45) is 5.41 Å². The number of nitrogens with zero attached hydrogens (tertiary/aromatic N) is 2. The Morgan fingerprint density at radius 2 is 2.10 bits per heavy atom. The third-order valence-corrected chi connectivity index (χ3v) is 3.03. The molecule has 0 radical (unpaired) electrons. The number of esters is 1. The van der Waals surface area contributed by atoms with Gasteiger partial charge in [-0.3, -0.25) is 4.68 Å². The van der Waals surface area contributed by atoms with E-state index >= 15 is 0 Å². The second-order valence-corrected chi connectivity index (χ2v) is 6.28. The molecule has 5 nitrogen and oxygen atoms in total. The smallest absolute Gasteiger partial charge is 0.338 e. The monoisotopic (exact) mass is 287 g/mol. The summed E-state index contributed by atoms with van der Waals surface area (Å²) in [6, 6.07) is 5.21. The third kappa shape index (κ3) is 3.62. The van der Waals surface area contributed by atoms with Gasteiger partial charge >= 0.3 is 5.97 Å². The van der Waals surface area contributed by atoms with Crippen molar-refractivity contribution in [3.05, 3.63) is 36.2 Å². The second-order valence-electron chi connectivity index (χ2n) is 6.28. The Kier molecular flexibility index (Phi) is 4.02. The molecule has 1 aromatic heterocycles. The van der Waals surface area contributed by atoms with Gasteiger partial charge in [0.15, 0.2) is 0 Å². The summed E-state index contributed by atoms with van der Waals surface area (Å²) in [5.74, 6) is -0.402. The van der Waals surface area contributed by atoms with E-state index in [-0.39, 0.29) is 5.41 Å². The molecule has 0 aliphatic heterocycles. The highest BCUT2D eigenvalue weighted by molar-refractivity contribution is 5.98. The summed E-state index contributed by atoms with van der Waals surface area (Å²) in [5.41, 5.74) is 8.52. The number of hydrogen-bond acceptors (Lipinski definition) is 4. The van der Waals surface area contributed by atoms with Gasteiger partial charge in [-0.05, 0) is 23.1 Å². The van der Waals surface area contributed by atoms with E-state index in [2.05, 4.69) is 25.9 Å². The van der Waals surface area contributed by atoms with Gasteiger partial charge in [-0.2, -0.15) is 5.10 Å². The maximum atomic E-state index is 11.9. The molecule has 0 bridgehead atoms. The minimum atomic E-state index is -0.402. The van der Waals surface area contributed by atoms with E-state index < -0.39 is 5.97 Å². The Labute approximate surface area is 124 Å². The van der Waals surface area contributed by atoms with Crippen molar-refractivity contribution < 1.29 is 9.53 Å². The van der Waals surface area contributed by atoms with Crippen LogP contribution >= 0.6 is 0 Å². The Morgan fingerprint density at radius 1 is 1.38 bits per heavy atom. The number of nitrogens with two attached hydrogens (primary N) is 1. The molecule has 0 aliphatic rings. The van der Waals surface area contributed by atoms with Crippen molar-refractivity contribution in [1.82, 2.24) is 9.78 Å². The zero-order chi connectivity index (χ0) is 15.6. The maximum absolute atomic E-state index is 11.9. The number of carbonyl (C=O) groups is 1. The van der Waals surface area contributed by atoms with Crippen LogP contribution in [0.25, 0.3) is 11.1 Å². The highest BCUT2D eigenvalue weighted by atomic mass is 16.5. The van der Waals surface area contributed by atoms with Gasteiger partial charge in [-0.15, -0.1) is 0 Å². The van der Waals surface area contributed by atoms with Crippen LogP contribution in [0, 0.1) is 5.41 Å². The molecule has 112 valence electrons. The summed E-state index contributed by atoms with van der Waals surface area (Å²) in [4.78, 5) is 11.9. The number of ether oxygens (including phenoxy) is 1. The SMILES string of the molecule is COC(=O)c1cc(N)ccc1-c1cnn(CC(C)(C)C)c1. The third-order valence-electron chi connectivity index (χ3n) is 3.03. The predicted molar refractivity (Wildman–Crippen MR) is 82.9 cm³/mol. The number of rotatable bonds is 3. The highest BCUT2D eigenvalue weighted by Gasteiger charge is 2.17. The fourth-order valence-electron chi connectivity index (χ4n) is 2.17. The number of methoxy groups -OCH3 is 1. The van der Waals surface area contributed by atoms with Crippen molar-refractivity contribution >= 4 is 11.7 Å². The van der Waals surface area contributed by atoms with Crippen LogP contribution in [0.1, 0.15) is 31.1 Å². The molecule has 2 aromatic rings. The molecule has 0 atom stereocenters. The Bertz CT molecular complexity index is 654. The number of benzene rings is 1. The predicted octanol–water partition coefficient (Wildman–Crippen LogP) is 2.97. The van der Waals surface area contributed by atoms with Gasteiger partial charge in [0.1, 0.15) is 0 Å². The van der Waals surface area contributed by atoms with Gasteiger partial charge in [-0.25, -0.2) is 4.79 Å². The van der Waals surface area contributed by atoms with Gasteiger partial charge in [0, 0.05) is 24.0 Å². The quantitative estimate of drug-likeness (QED) is 0.696. The summed E-state index contributed by atoms with van der Waals surface area (Å²) < 4.78 is 6.70. The van der Waals surface area contributed by atoms with Crippen LogP contribution in [0.2, 0.25) is 0 Å². The van der Waals surface area contributed by atoms with Crippen LogP contribution in [0.4, 0.5) is 5.69 Å². The molecule has 0 fully saturated rings. The minimum absolute atomic E-state index is 0.135. The van der Waals surface area contributed by atoms with Gasteiger partial charge in [0.2, 0.25) is 0 Å². The lowest BCUT2D eigenvalue weighted by atomic mass is 9.97. The first-order chi connectivity index (χ1) is 9.80. The van der Waals surface area contributed by atoms with E-state index in [0.29, 0.717) is 11.3 Å². The fourth-order valence-corrected chi connectivity index (χ4v) is 2.17. The van der Waals surface area contributed by atoms with E-state index in [4.69, 9.17) is 10.5 Å². The molecule has 0 saturated carbocycles. The Hall–Kier alpha value is -2.30. The zero-order valence-corrected chi connectivity index (χ0v) is 12.9. The molecular weight excluding hydrogens is 266 g/mol. The first-order valence-electron chi connectivity index (χ1n) is 6.81. The molecule has 0 amide bonds. The van der Waals surface area contributed by atoms with E-state index in [9.17, 15) is 4.79 Å². The molecule has 1 heterocycles. The lowest BCUT2D eigenvalue weighted by Gasteiger charge is -2.17. The van der Waals surface area contributed by atoms with Crippen LogP contribution in [0.15, 0.2) is 30.6 Å². The van der Waals surface area contributed by atoms with Gasteiger partial charge in [0.05, 0.1) is 18.9 Å². The highest BCUT2D eigenvalue weighted by Crippen LogP contribution is 2.27. The number of nitrogen functional groups attached to an aromatic ring is 1. The van der Waals surface area contributed by atoms with Crippen molar-refractivity contribution in [3.8, 4) is 11.1 Å². The Morgan fingerprint density at radius 3 is 2.71 bits per heavy atom. The molecule has 21 heavy (non-hydrogen) atoms. The summed E-state index contributed by atoms with van der Waals surface area (Å²) in [6.07, 6.45) is 3.69. The Balaban J connectivity index is 2.40. The van der Waals surface area contributed by atoms with Crippen LogP contribution in [0.3, 0.4) is 0 Å². The molecular formula is C16H21N3O2. The standard InChI is InChI=1S/C16H21N3O2/c1-16(2,3)10-19-9-11(8-18-19)13-6-5-12(17)7-14(13)15(20)21-4/h5-9H,10,17H2,1-4H3. The van der Waals surface area contributed by atoms with Crippen LogP contribution in [-0.2, 0) is 11.3 Å². The summed E-state index contributed by atoms with van der Waals surface area (Å²) in [5, 5.41) is 4.36. The molecule has 1 aromatic carbocycles. The molecule has 2 rings (SSSR count). The average Bonchev–Trinajstić information content (AvgIpc) is 2.83. The van der Waals surface area contributed by atoms with Crippen LogP contribution in [0.5, 0.6) is 0 Å². The molecule has 2 N–H and O–H groups in total. The molecule has 0 saturated heterocycles. The molecule has 0 aliphatic carbocycles. The molecule has 0 spiro atoms. The normalized spacial score (nSPS) is 11.4. The number of carbonyl (C=O) groups excluding carboxylic acids is 1. The molecule has 5 heteroatoms. The fraction of sp³-hybridized carbons (Fsp3) is 0.375. The first kappa shape index (κ1) is 15.1.